The summed E-state index contributed by atoms with van der Waals surface area (Å²) in [5.74, 6) is -0.174. The Morgan fingerprint density at radius 2 is 1.88 bits per heavy atom. The Morgan fingerprint density at radius 1 is 1.29 bits per heavy atom. The normalized spacial score (nSPS) is 13.7. The molecule has 0 saturated carbocycles. The van der Waals surface area contributed by atoms with Crippen molar-refractivity contribution >= 4 is 11.8 Å². The summed E-state index contributed by atoms with van der Waals surface area (Å²) in [5, 5.41) is 4.02. The molecule has 1 unspecified atom stereocenters. The predicted molar refractivity (Wildman–Crippen MR) is 74.1 cm³/mol. The first-order valence-electron chi connectivity index (χ1n) is 6.10. The second-order valence-electron chi connectivity index (χ2n) is 5.00. The molecule has 0 amide bonds. The van der Waals surface area contributed by atoms with Crippen LogP contribution in [0.4, 0.5) is 4.39 Å². The van der Waals surface area contributed by atoms with Crippen molar-refractivity contribution in [3.05, 3.63) is 30.1 Å². The second kappa shape index (κ2) is 6.41. The Morgan fingerprint density at radius 3 is 2.41 bits per heavy atom. The molecule has 0 radical (unpaired) electrons. The SMILES string of the molecule is CCC(C)(C)NCC(C)Sc1ccc(F)cc1. The highest BCUT2D eigenvalue weighted by molar-refractivity contribution is 8.00. The number of hydrogen-bond acceptors (Lipinski definition) is 2. The average Bonchev–Trinajstić information content (AvgIpc) is 2.30. The molecule has 0 aliphatic carbocycles. The molecule has 0 aromatic heterocycles. The fourth-order valence-electron chi connectivity index (χ4n) is 1.33. The minimum Gasteiger partial charge on any atom is -0.311 e. The molecule has 0 aliphatic rings. The van der Waals surface area contributed by atoms with Gasteiger partial charge in [-0.3, -0.25) is 0 Å². The van der Waals surface area contributed by atoms with Gasteiger partial charge in [-0.25, -0.2) is 4.39 Å². The standard InChI is InChI=1S/C14H22FNS/c1-5-14(3,4)16-10-11(2)17-13-8-6-12(15)7-9-13/h6-9,11,16H,5,10H2,1-4H3. The van der Waals surface area contributed by atoms with Crippen molar-refractivity contribution in [2.75, 3.05) is 6.54 Å². The fraction of sp³-hybridized carbons (Fsp3) is 0.571. The molecule has 0 aliphatic heterocycles. The van der Waals surface area contributed by atoms with E-state index in [-0.39, 0.29) is 11.4 Å². The highest BCUT2D eigenvalue weighted by Crippen LogP contribution is 2.23. The predicted octanol–water partition coefficient (Wildman–Crippen LogP) is 4.08. The van der Waals surface area contributed by atoms with Crippen LogP contribution in [0.15, 0.2) is 29.2 Å². The van der Waals surface area contributed by atoms with Crippen LogP contribution in [0.25, 0.3) is 0 Å². The summed E-state index contributed by atoms with van der Waals surface area (Å²) in [6.07, 6.45) is 1.11. The summed E-state index contributed by atoms with van der Waals surface area (Å²) >= 11 is 1.77. The van der Waals surface area contributed by atoms with E-state index in [1.54, 1.807) is 11.8 Å². The highest BCUT2D eigenvalue weighted by Gasteiger charge is 2.15. The van der Waals surface area contributed by atoms with E-state index in [9.17, 15) is 4.39 Å². The lowest BCUT2D eigenvalue weighted by Gasteiger charge is -2.26. The molecule has 0 fully saturated rings. The van der Waals surface area contributed by atoms with E-state index in [0.29, 0.717) is 5.25 Å². The van der Waals surface area contributed by atoms with E-state index >= 15 is 0 Å². The maximum Gasteiger partial charge on any atom is 0.123 e. The third kappa shape index (κ3) is 5.55. The van der Waals surface area contributed by atoms with Gasteiger partial charge in [0.25, 0.3) is 0 Å². The summed E-state index contributed by atoms with van der Waals surface area (Å²) in [6, 6.07) is 6.69. The summed E-state index contributed by atoms with van der Waals surface area (Å²) in [7, 11) is 0. The summed E-state index contributed by atoms with van der Waals surface area (Å²) in [4.78, 5) is 1.12. The Kier molecular flexibility index (Phi) is 5.47. The van der Waals surface area contributed by atoms with E-state index < -0.39 is 0 Å². The Labute approximate surface area is 108 Å². The van der Waals surface area contributed by atoms with Gasteiger partial charge in [0.1, 0.15) is 5.82 Å². The number of nitrogens with one attached hydrogen (secondary N) is 1. The van der Waals surface area contributed by atoms with Crippen LogP contribution in [0.1, 0.15) is 34.1 Å². The molecule has 1 N–H and O–H groups in total. The first kappa shape index (κ1) is 14.5. The molecule has 0 saturated heterocycles. The van der Waals surface area contributed by atoms with E-state index in [0.717, 1.165) is 17.9 Å². The first-order chi connectivity index (χ1) is 7.93. The molecule has 0 spiro atoms. The fourth-order valence-corrected chi connectivity index (χ4v) is 2.26. The quantitative estimate of drug-likeness (QED) is 0.769. The van der Waals surface area contributed by atoms with Crippen molar-refractivity contribution in [2.45, 2.75) is 49.8 Å². The van der Waals surface area contributed by atoms with Crippen molar-refractivity contribution in [1.82, 2.24) is 5.32 Å². The zero-order valence-corrected chi connectivity index (χ0v) is 11.9. The highest BCUT2D eigenvalue weighted by atomic mass is 32.2. The van der Waals surface area contributed by atoms with E-state index in [1.807, 2.05) is 12.1 Å². The molecule has 0 bridgehead atoms. The van der Waals surface area contributed by atoms with Gasteiger partial charge in [-0.2, -0.15) is 0 Å². The zero-order valence-electron chi connectivity index (χ0n) is 11.1. The molecule has 1 atom stereocenters. The van der Waals surface area contributed by atoms with Crippen molar-refractivity contribution in [2.24, 2.45) is 0 Å². The minimum atomic E-state index is -0.174. The van der Waals surface area contributed by atoms with Crippen LogP contribution in [0.2, 0.25) is 0 Å². The number of halogens is 1. The third-order valence-corrected chi connectivity index (χ3v) is 4.02. The van der Waals surface area contributed by atoms with Crippen LogP contribution < -0.4 is 5.32 Å². The van der Waals surface area contributed by atoms with E-state index in [1.165, 1.54) is 12.1 Å². The molecular weight excluding hydrogens is 233 g/mol. The first-order valence-corrected chi connectivity index (χ1v) is 6.98. The van der Waals surface area contributed by atoms with Crippen LogP contribution >= 0.6 is 11.8 Å². The second-order valence-corrected chi connectivity index (χ2v) is 6.51. The van der Waals surface area contributed by atoms with Gasteiger partial charge in [0, 0.05) is 22.2 Å². The molecule has 96 valence electrons. The number of hydrogen-bond donors (Lipinski definition) is 1. The molecule has 1 rings (SSSR count). The van der Waals surface area contributed by atoms with Crippen molar-refractivity contribution in [1.29, 1.82) is 0 Å². The lowest BCUT2D eigenvalue weighted by atomic mass is 10.0. The summed E-state index contributed by atoms with van der Waals surface area (Å²) < 4.78 is 12.8. The van der Waals surface area contributed by atoms with Crippen LogP contribution in [-0.4, -0.2) is 17.3 Å². The van der Waals surface area contributed by atoms with Gasteiger partial charge >= 0.3 is 0 Å². The van der Waals surface area contributed by atoms with E-state index in [2.05, 4.69) is 33.0 Å². The van der Waals surface area contributed by atoms with Gasteiger partial charge < -0.3 is 5.32 Å². The Hall–Kier alpha value is -0.540. The maximum absolute atomic E-state index is 12.8. The number of benzene rings is 1. The minimum absolute atomic E-state index is 0.174. The molecule has 1 nitrogen and oxygen atoms in total. The van der Waals surface area contributed by atoms with E-state index in [4.69, 9.17) is 0 Å². The van der Waals surface area contributed by atoms with Crippen LogP contribution in [-0.2, 0) is 0 Å². The van der Waals surface area contributed by atoms with Crippen molar-refractivity contribution < 1.29 is 4.39 Å². The molecule has 17 heavy (non-hydrogen) atoms. The van der Waals surface area contributed by atoms with Gasteiger partial charge in [0.15, 0.2) is 0 Å². The Bertz CT molecular complexity index is 335. The lowest BCUT2D eigenvalue weighted by Crippen LogP contribution is -2.41. The largest absolute Gasteiger partial charge is 0.311 e. The molecular formula is C14H22FNS. The topological polar surface area (TPSA) is 12.0 Å². The van der Waals surface area contributed by atoms with Crippen LogP contribution in [0, 0.1) is 5.82 Å². The monoisotopic (exact) mass is 255 g/mol. The van der Waals surface area contributed by atoms with Crippen LogP contribution in [0.5, 0.6) is 0 Å². The summed E-state index contributed by atoms with van der Waals surface area (Å²) in [6.45, 7) is 9.75. The smallest absolute Gasteiger partial charge is 0.123 e. The number of thioether (sulfide) groups is 1. The Balaban J connectivity index is 2.39. The molecule has 3 heteroatoms. The van der Waals surface area contributed by atoms with Crippen molar-refractivity contribution in [3.8, 4) is 0 Å². The molecule has 0 heterocycles. The van der Waals surface area contributed by atoms with Gasteiger partial charge in [0.05, 0.1) is 0 Å². The number of rotatable bonds is 6. The molecule has 1 aromatic carbocycles. The van der Waals surface area contributed by atoms with Gasteiger partial charge in [0.2, 0.25) is 0 Å². The lowest BCUT2D eigenvalue weighted by molar-refractivity contribution is 0.379. The van der Waals surface area contributed by atoms with Gasteiger partial charge in [-0.15, -0.1) is 11.8 Å². The maximum atomic E-state index is 12.8. The third-order valence-electron chi connectivity index (χ3n) is 2.90. The van der Waals surface area contributed by atoms with Gasteiger partial charge in [-0.05, 0) is 44.5 Å². The van der Waals surface area contributed by atoms with Gasteiger partial charge in [-0.1, -0.05) is 13.8 Å². The summed E-state index contributed by atoms with van der Waals surface area (Å²) in [5.41, 5.74) is 0.192. The van der Waals surface area contributed by atoms with Crippen molar-refractivity contribution in [3.63, 3.8) is 0 Å². The average molecular weight is 255 g/mol. The zero-order chi connectivity index (χ0) is 12.9. The molecule has 1 aromatic rings. The van der Waals surface area contributed by atoms with Crippen LogP contribution in [0.3, 0.4) is 0 Å².